The highest BCUT2D eigenvalue weighted by Gasteiger charge is 2.48. The Bertz CT molecular complexity index is 1750. The number of aromatic nitrogens is 3. The number of benzene rings is 1. The fourth-order valence-corrected chi connectivity index (χ4v) is 6.51. The van der Waals surface area contributed by atoms with Gasteiger partial charge < -0.3 is 15.5 Å². The van der Waals surface area contributed by atoms with Gasteiger partial charge in [0.25, 0.3) is 5.91 Å². The molecule has 3 aromatic heterocycles. The van der Waals surface area contributed by atoms with E-state index in [1.54, 1.807) is 25.3 Å². The third kappa shape index (κ3) is 5.67. The summed E-state index contributed by atoms with van der Waals surface area (Å²) in [5.74, 6) is 0.614. The average Bonchev–Trinajstić information content (AvgIpc) is 3.73. The largest absolute Gasteiger partial charge is 0.350 e. The fraction of sp³-hybridized carbons (Fsp3) is 0.355. The van der Waals surface area contributed by atoms with Crippen LogP contribution in [0.5, 0.6) is 0 Å². The average molecular weight is 571 g/mol. The summed E-state index contributed by atoms with van der Waals surface area (Å²) in [6.07, 6.45) is 6.37. The summed E-state index contributed by atoms with van der Waals surface area (Å²) in [4.78, 5) is 29.8. The monoisotopic (exact) mass is 570 g/mol. The second-order valence-electron chi connectivity index (χ2n) is 11.2. The zero-order valence-electron chi connectivity index (χ0n) is 23.5. The van der Waals surface area contributed by atoms with Crippen molar-refractivity contribution in [1.82, 2.24) is 25.6 Å². The number of hydrogen-bond acceptors (Lipinski definition) is 8. The first-order chi connectivity index (χ1) is 19.6. The topological polar surface area (TPSA) is 117 Å². The summed E-state index contributed by atoms with van der Waals surface area (Å²) in [5.41, 5.74) is 4.13. The maximum atomic E-state index is 12.8. The molecule has 0 radical (unpaired) electrons. The van der Waals surface area contributed by atoms with Gasteiger partial charge in [0.05, 0.1) is 34.0 Å². The number of hydrogen-bond donors (Lipinski definition) is 2. The van der Waals surface area contributed by atoms with Gasteiger partial charge in [-0.2, -0.15) is 0 Å². The van der Waals surface area contributed by atoms with Crippen LogP contribution in [0, 0.1) is 6.92 Å². The molecule has 1 amide bonds. The minimum Gasteiger partial charge on any atom is -0.350 e. The molecule has 212 valence electrons. The van der Waals surface area contributed by atoms with Crippen molar-refractivity contribution in [3.05, 3.63) is 77.6 Å². The van der Waals surface area contributed by atoms with Crippen LogP contribution in [0.25, 0.3) is 22.3 Å². The van der Waals surface area contributed by atoms with E-state index in [9.17, 15) is 13.2 Å². The number of nitrogens with zero attached hydrogens (tertiary/aromatic N) is 4. The lowest BCUT2D eigenvalue weighted by Crippen LogP contribution is -2.58. The van der Waals surface area contributed by atoms with Crippen molar-refractivity contribution in [3.63, 3.8) is 0 Å². The van der Waals surface area contributed by atoms with Crippen molar-refractivity contribution in [1.29, 1.82) is 0 Å². The summed E-state index contributed by atoms with van der Waals surface area (Å²) < 4.78 is 24.1. The van der Waals surface area contributed by atoms with Gasteiger partial charge in [0.2, 0.25) is 0 Å². The molecule has 1 spiro atoms. The van der Waals surface area contributed by atoms with Crippen LogP contribution in [0.2, 0.25) is 0 Å². The molecule has 1 unspecified atom stereocenters. The molecule has 41 heavy (non-hydrogen) atoms. The first-order valence-electron chi connectivity index (χ1n) is 14.0. The van der Waals surface area contributed by atoms with Crippen molar-refractivity contribution < 1.29 is 13.2 Å². The molecule has 4 heterocycles. The summed E-state index contributed by atoms with van der Waals surface area (Å²) in [6.45, 7) is 6.07. The first-order valence-corrected chi connectivity index (χ1v) is 15.9. The van der Waals surface area contributed by atoms with Gasteiger partial charge in [0, 0.05) is 48.1 Å². The summed E-state index contributed by atoms with van der Waals surface area (Å²) in [6, 6.07) is 17.0. The van der Waals surface area contributed by atoms with Crippen molar-refractivity contribution in [2.45, 2.75) is 56.1 Å². The van der Waals surface area contributed by atoms with Crippen LogP contribution in [0.1, 0.15) is 47.8 Å². The Balaban J connectivity index is 1.21. The number of rotatable bonds is 7. The van der Waals surface area contributed by atoms with Crippen molar-refractivity contribution in [2.24, 2.45) is 0 Å². The quantitative estimate of drug-likeness (QED) is 0.342. The number of amides is 1. The molecule has 1 aromatic carbocycles. The molecular weight excluding hydrogens is 536 g/mol. The molecule has 2 aliphatic rings. The second kappa shape index (κ2) is 10.5. The van der Waals surface area contributed by atoms with Gasteiger partial charge in [0.15, 0.2) is 9.84 Å². The Morgan fingerprint density at radius 3 is 2.66 bits per heavy atom. The van der Waals surface area contributed by atoms with Crippen molar-refractivity contribution >= 4 is 32.5 Å². The third-order valence-corrected chi connectivity index (χ3v) is 9.39. The number of pyridine rings is 3. The SMILES string of the molecule is CCC1CNC2(CC2)CN1c1cccc(-c2ccc3cnc(CNC(=O)c4ccc(C)c(S(C)(=O)=O)c4)cc3n2)n1. The van der Waals surface area contributed by atoms with E-state index in [4.69, 9.17) is 9.97 Å². The van der Waals surface area contributed by atoms with Crippen LogP contribution >= 0.6 is 0 Å². The molecule has 0 bridgehead atoms. The number of nitrogens with one attached hydrogen (secondary N) is 2. The summed E-state index contributed by atoms with van der Waals surface area (Å²) >= 11 is 0. The maximum Gasteiger partial charge on any atom is 0.251 e. The summed E-state index contributed by atoms with van der Waals surface area (Å²) in [5, 5.41) is 7.47. The number of carbonyl (C=O) groups is 1. The Hall–Kier alpha value is -3.89. The van der Waals surface area contributed by atoms with Gasteiger partial charge >= 0.3 is 0 Å². The van der Waals surface area contributed by atoms with Crippen LogP contribution in [0.4, 0.5) is 5.82 Å². The van der Waals surface area contributed by atoms with E-state index in [0.29, 0.717) is 17.3 Å². The normalized spacial score (nSPS) is 18.0. The highest BCUT2D eigenvalue weighted by molar-refractivity contribution is 7.90. The van der Waals surface area contributed by atoms with Crippen LogP contribution in [0.3, 0.4) is 0 Å². The van der Waals surface area contributed by atoms with E-state index in [1.165, 1.54) is 18.9 Å². The van der Waals surface area contributed by atoms with Gasteiger partial charge in [-0.15, -0.1) is 0 Å². The molecule has 1 aliphatic carbocycles. The van der Waals surface area contributed by atoms with E-state index in [-0.39, 0.29) is 28.4 Å². The lowest BCUT2D eigenvalue weighted by molar-refractivity contribution is 0.0950. The van der Waals surface area contributed by atoms with Gasteiger partial charge in [-0.05, 0) is 74.2 Å². The molecule has 4 aromatic rings. The van der Waals surface area contributed by atoms with E-state index in [2.05, 4.69) is 33.5 Å². The Labute approximate surface area is 240 Å². The van der Waals surface area contributed by atoms with Crippen LogP contribution < -0.4 is 15.5 Å². The molecule has 1 saturated carbocycles. The number of fused-ring (bicyclic) bond motifs is 1. The number of sulfone groups is 1. The molecule has 2 N–H and O–H groups in total. The Morgan fingerprint density at radius 2 is 1.90 bits per heavy atom. The van der Waals surface area contributed by atoms with Gasteiger partial charge in [0.1, 0.15) is 5.82 Å². The second-order valence-corrected chi connectivity index (χ2v) is 13.2. The van der Waals surface area contributed by atoms with Gasteiger partial charge in [-0.3, -0.25) is 9.78 Å². The molecule has 2 fully saturated rings. The first kappa shape index (κ1) is 27.3. The number of carbonyl (C=O) groups excluding carboxylic acids is 1. The van der Waals surface area contributed by atoms with Gasteiger partial charge in [-0.1, -0.05) is 19.1 Å². The standard InChI is InChI=1S/C31H34N6O3S/c1-4-24-18-34-31(12-13-31)19-37(24)29-7-5-6-25(36-29)26-11-10-22-16-32-23(15-27(22)35-26)17-33-30(38)21-9-8-20(2)28(14-21)41(3,39)40/h5-11,14-16,24,34H,4,12-13,17-19H2,1-3H3,(H,33,38). The van der Waals surface area contributed by atoms with E-state index in [1.807, 2.05) is 30.3 Å². The Morgan fingerprint density at radius 1 is 1.10 bits per heavy atom. The minimum atomic E-state index is -3.44. The molecule has 1 atom stereocenters. The van der Waals surface area contributed by atoms with Crippen molar-refractivity contribution in [2.75, 3.05) is 24.2 Å². The van der Waals surface area contributed by atoms with E-state index in [0.717, 1.165) is 53.9 Å². The van der Waals surface area contributed by atoms with E-state index >= 15 is 0 Å². The maximum absolute atomic E-state index is 12.8. The van der Waals surface area contributed by atoms with Gasteiger partial charge in [-0.25, -0.2) is 18.4 Å². The zero-order chi connectivity index (χ0) is 28.8. The highest BCUT2D eigenvalue weighted by Crippen LogP contribution is 2.40. The number of anilines is 1. The lowest BCUT2D eigenvalue weighted by atomic mass is 10.1. The molecule has 9 nitrogen and oxygen atoms in total. The number of piperazine rings is 1. The lowest BCUT2D eigenvalue weighted by Gasteiger charge is -2.41. The molecular formula is C31H34N6O3S. The zero-order valence-corrected chi connectivity index (χ0v) is 24.3. The summed E-state index contributed by atoms with van der Waals surface area (Å²) in [7, 11) is -3.44. The fourth-order valence-electron chi connectivity index (χ4n) is 5.51. The smallest absolute Gasteiger partial charge is 0.251 e. The van der Waals surface area contributed by atoms with E-state index < -0.39 is 9.84 Å². The predicted molar refractivity (Wildman–Crippen MR) is 160 cm³/mol. The third-order valence-electron chi connectivity index (χ3n) is 8.15. The van der Waals surface area contributed by atoms with Crippen LogP contribution in [0.15, 0.2) is 65.7 Å². The number of aryl methyl sites for hydroxylation is 1. The highest BCUT2D eigenvalue weighted by atomic mass is 32.2. The molecule has 6 rings (SSSR count). The molecule has 10 heteroatoms. The molecule has 1 aliphatic heterocycles. The predicted octanol–water partition coefficient (Wildman–Crippen LogP) is 4.05. The van der Waals surface area contributed by atoms with Crippen LogP contribution in [-0.4, -0.2) is 60.2 Å². The van der Waals surface area contributed by atoms with Crippen LogP contribution in [-0.2, 0) is 16.4 Å². The molecule has 1 saturated heterocycles. The van der Waals surface area contributed by atoms with Crippen molar-refractivity contribution in [3.8, 4) is 11.4 Å². The Kier molecular flexibility index (Phi) is 6.99. The minimum absolute atomic E-state index is 0.151.